The summed E-state index contributed by atoms with van der Waals surface area (Å²) >= 11 is 0. The number of rotatable bonds is 8. The molecule has 1 saturated heterocycles. The third-order valence-corrected chi connectivity index (χ3v) is 6.99. The molecule has 0 unspecified atom stereocenters. The van der Waals surface area contributed by atoms with Crippen LogP contribution in [0.15, 0.2) is 59.5 Å². The molecule has 6 nitrogen and oxygen atoms in total. The van der Waals surface area contributed by atoms with E-state index in [2.05, 4.69) is 5.32 Å². The molecule has 1 fully saturated rings. The minimum absolute atomic E-state index is 0.0154. The number of hydrogen-bond acceptors (Lipinski definition) is 4. The fourth-order valence-electron chi connectivity index (χ4n) is 3.47. The van der Waals surface area contributed by atoms with Crippen LogP contribution in [-0.2, 0) is 21.2 Å². The van der Waals surface area contributed by atoms with Crippen LogP contribution in [0.25, 0.3) is 0 Å². The van der Waals surface area contributed by atoms with E-state index in [9.17, 15) is 13.2 Å². The lowest BCUT2D eigenvalue weighted by atomic mass is 10.1. The molecular weight excluding hydrogens is 388 g/mol. The van der Waals surface area contributed by atoms with Crippen LogP contribution in [-0.4, -0.2) is 44.4 Å². The van der Waals surface area contributed by atoms with Gasteiger partial charge in [0.15, 0.2) is 0 Å². The van der Waals surface area contributed by atoms with E-state index in [4.69, 9.17) is 4.74 Å². The first-order chi connectivity index (χ1) is 14.0. The summed E-state index contributed by atoms with van der Waals surface area (Å²) in [7, 11) is -3.53. The predicted octanol–water partition coefficient (Wildman–Crippen LogP) is 2.99. The number of ether oxygens (including phenoxy) is 1. The van der Waals surface area contributed by atoms with Crippen LogP contribution in [0.4, 0.5) is 0 Å². The van der Waals surface area contributed by atoms with Crippen LogP contribution in [0.3, 0.4) is 0 Å². The molecule has 0 atom stereocenters. The highest BCUT2D eigenvalue weighted by atomic mass is 32.2. The average Bonchev–Trinajstić information content (AvgIpc) is 2.74. The first-order valence-electron chi connectivity index (χ1n) is 10.1. The maximum absolute atomic E-state index is 12.8. The zero-order valence-corrected chi connectivity index (χ0v) is 17.5. The Balaban J connectivity index is 1.48. The largest absolute Gasteiger partial charge is 0.494 e. The number of nitrogens with one attached hydrogen (secondary N) is 1. The molecule has 2 aromatic carbocycles. The summed E-state index contributed by atoms with van der Waals surface area (Å²) in [5.41, 5.74) is 1.14. The molecule has 1 aliphatic rings. The Hall–Kier alpha value is -2.38. The van der Waals surface area contributed by atoms with Crippen molar-refractivity contribution in [1.82, 2.24) is 9.62 Å². The van der Waals surface area contributed by atoms with Gasteiger partial charge in [0, 0.05) is 25.6 Å². The van der Waals surface area contributed by atoms with Gasteiger partial charge in [-0.25, -0.2) is 8.42 Å². The minimum Gasteiger partial charge on any atom is -0.494 e. The van der Waals surface area contributed by atoms with E-state index in [1.165, 1.54) is 4.31 Å². The number of amides is 1. The fraction of sp³-hybridized carbons (Fsp3) is 0.409. The third kappa shape index (κ3) is 5.81. The smallest absolute Gasteiger partial charge is 0.243 e. The lowest BCUT2D eigenvalue weighted by Crippen LogP contribution is -2.46. The highest BCUT2D eigenvalue weighted by Crippen LogP contribution is 2.23. The van der Waals surface area contributed by atoms with E-state index in [1.54, 1.807) is 24.3 Å². The Labute approximate surface area is 172 Å². The lowest BCUT2D eigenvalue weighted by Gasteiger charge is -2.31. The van der Waals surface area contributed by atoms with E-state index in [0.717, 1.165) is 5.56 Å². The molecular formula is C22H28N2O4S. The van der Waals surface area contributed by atoms with Crippen LogP contribution in [0, 0.1) is 0 Å². The van der Waals surface area contributed by atoms with Gasteiger partial charge in [0.1, 0.15) is 5.75 Å². The van der Waals surface area contributed by atoms with Gasteiger partial charge >= 0.3 is 0 Å². The topological polar surface area (TPSA) is 75.7 Å². The predicted molar refractivity (Wildman–Crippen MR) is 112 cm³/mol. The molecule has 7 heteroatoms. The van der Waals surface area contributed by atoms with Gasteiger partial charge in [-0.2, -0.15) is 4.31 Å². The monoisotopic (exact) mass is 416 g/mol. The molecule has 0 radical (unpaired) electrons. The molecule has 2 aromatic rings. The maximum atomic E-state index is 12.8. The van der Waals surface area contributed by atoms with Crippen molar-refractivity contribution in [3.05, 3.63) is 60.2 Å². The number of piperidine rings is 1. The molecule has 156 valence electrons. The lowest BCUT2D eigenvalue weighted by molar-refractivity contribution is -0.122. The summed E-state index contributed by atoms with van der Waals surface area (Å²) in [5, 5.41) is 3.05. The van der Waals surface area contributed by atoms with Crippen molar-refractivity contribution in [3.63, 3.8) is 0 Å². The summed E-state index contributed by atoms with van der Waals surface area (Å²) in [4.78, 5) is 12.5. The number of benzene rings is 2. The van der Waals surface area contributed by atoms with Gasteiger partial charge < -0.3 is 10.1 Å². The number of carbonyl (C=O) groups is 1. The van der Waals surface area contributed by atoms with Crippen molar-refractivity contribution in [2.75, 3.05) is 19.7 Å². The van der Waals surface area contributed by atoms with Gasteiger partial charge in [-0.15, -0.1) is 0 Å². The molecule has 3 rings (SSSR count). The second-order valence-electron chi connectivity index (χ2n) is 7.14. The molecule has 1 N–H and O–H groups in total. The molecule has 1 amide bonds. The van der Waals surface area contributed by atoms with Crippen LogP contribution < -0.4 is 10.1 Å². The minimum atomic E-state index is -3.53. The molecule has 0 spiro atoms. The maximum Gasteiger partial charge on any atom is 0.243 e. The second kappa shape index (κ2) is 9.89. The Kier molecular flexibility index (Phi) is 7.28. The van der Waals surface area contributed by atoms with Crippen molar-refractivity contribution in [2.24, 2.45) is 0 Å². The fourth-order valence-corrected chi connectivity index (χ4v) is 4.94. The van der Waals surface area contributed by atoms with Gasteiger partial charge in [-0.3, -0.25) is 4.79 Å². The van der Waals surface area contributed by atoms with Crippen molar-refractivity contribution in [1.29, 1.82) is 0 Å². The Morgan fingerprint density at radius 2 is 1.72 bits per heavy atom. The molecule has 1 heterocycles. The van der Waals surface area contributed by atoms with Crippen LogP contribution in [0.1, 0.15) is 31.7 Å². The zero-order chi connectivity index (χ0) is 20.7. The van der Waals surface area contributed by atoms with E-state index < -0.39 is 10.0 Å². The average molecular weight is 417 g/mol. The quantitative estimate of drug-likeness (QED) is 0.718. The van der Waals surface area contributed by atoms with Crippen molar-refractivity contribution < 1.29 is 17.9 Å². The van der Waals surface area contributed by atoms with E-state index in [0.29, 0.717) is 51.1 Å². The summed E-state index contributed by atoms with van der Waals surface area (Å²) in [5.74, 6) is 0.671. The first kappa shape index (κ1) is 21.3. The molecule has 0 aliphatic carbocycles. The van der Waals surface area contributed by atoms with Gasteiger partial charge in [0.05, 0.1) is 11.5 Å². The van der Waals surface area contributed by atoms with Crippen molar-refractivity contribution >= 4 is 15.9 Å². The Morgan fingerprint density at radius 3 is 2.34 bits per heavy atom. The van der Waals surface area contributed by atoms with Gasteiger partial charge in [0.25, 0.3) is 0 Å². The summed E-state index contributed by atoms with van der Waals surface area (Å²) < 4.78 is 32.5. The Bertz CT molecular complexity index is 890. The van der Waals surface area contributed by atoms with Gasteiger partial charge in [-0.1, -0.05) is 30.3 Å². The molecule has 1 aliphatic heterocycles. The molecule has 0 bridgehead atoms. The summed E-state index contributed by atoms with van der Waals surface area (Å²) in [6.45, 7) is 3.23. The normalized spacial score (nSPS) is 15.8. The highest BCUT2D eigenvalue weighted by molar-refractivity contribution is 7.89. The van der Waals surface area contributed by atoms with E-state index in [-0.39, 0.29) is 16.8 Å². The van der Waals surface area contributed by atoms with Gasteiger partial charge in [0.2, 0.25) is 15.9 Å². The molecule has 29 heavy (non-hydrogen) atoms. The zero-order valence-electron chi connectivity index (χ0n) is 16.7. The van der Waals surface area contributed by atoms with Crippen LogP contribution in [0.2, 0.25) is 0 Å². The number of carbonyl (C=O) groups excluding carboxylic acids is 1. The molecule has 0 aromatic heterocycles. The third-order valence-electron chi connectivity index (χ3n) is 5.08. The van der Waals surface area contributed by atoms with Crippen LogP contribution in [0.5, 0.6) is 5.75 Å². The summed E-state index contributed by atoms with van der Waals surface area (Å²) in [6.07, 6.45) is 2.38. The molecule has 0 saturated carbocycles. The summed E-state index contributed by atoms with van der Waals surface area (Å²) in [6, 6.07) is 16.4. The van der Waals surface area contributed by atoms with Gasteiger partial charge in [-0.05, 0) is 56.0 Å². The van der Waals surface area contributed by atoms with E-state index >= 15 is 0 Å². The SMILES string of the molecule is CCOc1ccc(S(=O)(=O)N2CCC(NC(=O)CCc3ccccc3)CC2)cc1. The highest BCUT2D eigenvalue weighted by Gasteiger charge is 2.29. The van der Waals surface area contributed by atoms with E-state index in [1.807, 2.05) is 37.3 Å². The first-order valence-corrected chi connectivity index (χ1v) is 11.5. The number of aryl methyl sites for hydroxylation is 1. The van der Waals surface area contributed by atoms with Crippen molar-refractivity contribution in [3.8, 4) is 5.75 Å². The standard InChI is InChI=1S/C22H28N2O4S/c1-2-28-20-9-11-21(12-10-20)29(26,27)24-16-14-19(15-17-24)23-22(25)13-8-18-6-4-3-5-7-18/h3-7,9-12,19H,2,8,13-17H2,1H3,(H,23,25). The van der Waals surface area contributed by atoms with Crippen LogP contribution >= 0.6 is 0 Å². The second-order valence-corrected chi connectivity index (χ2v) is 9.07. The number of hydrogen-bond donors (Lipinski definition) is 1. The Morgan fingerprint density at radius 1 is 1.07 bits per heavy atom. The van der Waals surface area contributed by atoms with Crippen molar-refractivity contribution in [2.45, 2.75) is 43.5 Å². The number of sulfonamides is 1. The number of nitrogens with zero attached hydrogens (tertiary/aromatic N) is 1.